The van der Waals surface area contributed by atoms with E-state index in [0.29, 0.717) is 6.54 Å². The van der Waals surface area contributed by atoms with Crippen LogP contribution in [0.2, 0.25) is 0 Å². The molecular formula is C12H13NO3. The van der Waals surface area contributed by atoms with Crippen molar-refractivity contribution in [3.63, 3.8) is 0 Å². The molecule has 2 rings (SSSR count). The fourth-order valence-electron chi connectivity index (χ4n) is 1.89. The minimum absolute atomic E-state index is 0.122. The van der Waals surface area contributed by atoms with E-state index < -0.39 is 12.1 Å². The zero-order valence-electron chi connectivity index (χ0n) is 9.00. The van der Waals surface area contributed by atoms with E-state index in [1.165, 1.54) is 12.0 Å². The molecule has 1 heterocycles. The van der Waals surface area contributed by atoms with Crippen LogP contribution in [0.5, 0.6) is 0 Å². The van der Waals surface area contributed by atoms with Crippen LogP contribution in [-0.2, 0) is 20.9 Å². The van der Waals surface area contributed by atoms with Gasteiger partial charge < -0.3 is 14.4 Å². The van der Waals surface area contributed by atoms with Gasteiger partial charge in [-0.3, -0.25) is 4.79 Å². The Kier molecular flexibility index (Phi) is 3.01. The van der Waals surface area contributed by atoms with E-state index in [2.05, 4.69) is 0 Å². The van der Waals surface area contributed by atoms with Crippen molar-refractivity contribution in [1.29, 1.82) is 0 Å². The van der Waals surface area contributed by atoms with Crippen molar-refractivity contribution in [2.24, 2.45) is 0 Å². The summed E-state index contributed by atoms with van der Waals surface area (Å²) in [6.07, 6.45) is 0.166. The zero-order valence-corrected chi connectivity index (χ0v) is 9.00. The third kappa shape index (κ3) is 1.72. The Morgan fingerprint density at radius 1 is 1.38 bits per heavy atom. The Balaban J connectivity index is 2.06. The molecule has 1 aliphatic heterocycles. The third-order valence-electron chi connectivity index (χ3n) is 2.79. The molecule has 1 aromatic rings. The minimum Gasteiger partial charge on any atom is -0.369 e. The van der Waals surface area contributed by atoms with Crippen molar-refractivity contribution in [2.75, 3.05) is 7.11 Å². The lowest BCUT2D eigenvalue weighted by molar-refractivity contribution is -0.172. The van der Waals surface area contributed by atoms with Crippen LogP contribution in [0, 0.1) is 0 Å². The maximum atomic E-state index is 11.6. The van der Waals surface area contributed by atoms with Gasteiger partial charge in [0, 0.05) is 13.7 Å². The highest BCUT2D eigenvalue weighted by atomic mass is 16.5. The van der Waals surface area contributed by atoms with Gasteiger partial charge in [0.2, 0.25) is 0 Å². The molecule has 0 N–H and O–H groups in total. The molecule has 2 unspecified atom stereocenters. The van der Waals surface area contributed by atoms with Crippen LogP contribution in [0.15, 0.2) is 30.3 Å². The van der Waals surface area contributed by atoms with Gasteiger partial charge >= 0.3 is 0 Å². The van der Waals surface area contributed by atoms with Crippen molar-refractivity contribution in [3.8, 4) is 0 Å². The van der Waals surface area contributed by atoms with E-state index in [1.54, 1.807) is 0 Å². The van der Waals surface area contributed by atoms with Crippen molar-refractivity contribution in [2.45, 2.75) is 18.7 Å². The molecule has 16 heavy (non-hydrogen) atoms. The summed E-state index contributed by atoms with van der Waals surface area (Å²) in [5.41, 5.74) is 1.01. The third-order valence-corrected chi connectivity index (χ3v) is 2.79. The molecular weight excluding hydrogens is 206 g/mol. The lowest BCUT2D eigenvalue weighted by atomic mass is 9.98. The van der Waals surface area contributed by atoms with Gasteiger partial charge in [-0.2, -0.15) is 0 Å². The highest BCUT2D eigenvalue weighted by Crippen LogP contribution is 2.23. The monoisotopic (exact) mass is 219 g/mol. The van der Waals surface area contributed by atoms with Crippen LogP contribution >= 0.6 is 0 Å². The molecule has 1 saturated heterocycles. The molecule has 0 aromatic heterocycles. The smallest absolute Gasteiger partial charge is 0.255 e. The van der Waals surface area contributed by atoms with E-state index in [-0.39, 0.29) is 5.91 Å². The fourth-order valence-corrected chi connectivity index (χ4v) is 1.89. The Morgan fingerprint density at radius 2 is 2.06 bits per heavy atom. The lowest BCUT2D eigenvalue weighted by Gasteiger charge is -2.43. The number of ether oxygens (including phenoxy) is 1. The number of benzene rings is 1. The van der Waals surface area contributed by atoms with Crippen LogP contribution in [0.4, 0.5) is 0 Å². The first-order chi connectivity index (χ1) is 7.77. The van der Waals surface area contributed by atoms with Crippen LogP contribution in [-0.4, -0.2) is 36.3 Å². The average molecular weight is 219 g/mol. The highest BCUT2D eigenvalue weighted by molar-refractivity contribution is 5.95. The number of carbonyl (C=O) groups excluding carboxylic acids is 2. The van der Waals surface area contributed by atoms with E-state index in [4.69, 9.17) is 4.74 Å². The Morgan fingerprint density at radius 3 is 2.62 bits per heavy atom. The van der Waals surface area contributed by atoms with Crippen molar-refractivity contribution >= 4 is 12.2 Å². The summed E-state index contributed by atoms with van der Waals surface area (Å²) in [7, 11) is 1.44. The predicted molar refractivity (Wildman–Crippen MR) is 57.6 cm³/mol. The first-order valence-electron chi connectivity index (χ1n) is 5.10. The van der Waals surface area contributed by atoms with Gasteiger partial charge in [0.1, 0.15) is 12.3 Å². The van der Waals surface area contributed by atoms with Gasteiger partial charge in [0.15, 0.2) is 6.10 Å². The fraction of sp³-hybridized carbons (Fsp3) is 0.333. The molecule has 1 aliphatic rings. The number of hydrogen-bond donors (Lipinski definition) is 0. The summed E-state index contributed by atoms with van der Waals surface area (Å²) in [5, 5.41) is 0. The van der Waals surface area contributed by atoms with E-state index >= 15 is 0 Å². The molecule has 0 radical (unpaired) electrons. The van der Waals surface area contributed by atoms with Gasteiger partial charge in [-0.05, 0) is 5.56 Å². The largest absolute Gasteiger partial charge is 0.369 e. The number of likely N-dealkylation sites (tertiary alicyclic amines) is 1. The van der Waals surface area contributed by atoms with Gasteiger partial charge in [-0.25, -0.2) is 0 Å². The summed E-state index contributed by atoms with van der Waals surface area (Å²) in [5.74, 6) is -0.122. The molecule has 0 aliphatic carbocycles. The van der Waals surface area contributed by atoms with Crippen LogP contribution in [0.1, 0.15) is 5.56 Å². The highest BCUT2D eigenvalue weighted by Gasteiger charge is 2.47. The van der Waals surface area contributed by atoms with E-state index in [1.807, 2.05) is 30.3 Å². The maximum absolute atomic E-state index is 11.6. The summed E-state index contributed by atoms with van der Waals surface area (Å²) >= 11 is 0. The maximum Gasteiger partial charge on any atom is 0.255 e. The first-order valence-corrected chi connectivity index (χ1v) is 5.10. The van der Waals surface area contributed by atoms with Crippen molar-refractivity contribution in [3.05, 3.63) is 35.9 Å². The zero-order chi connectivity index (χ0) is 11.5. The van der Waals surface area contributed by atoms with Gasteiger partial charge in [-0.1, -0.05) is 30.3 Å². The molecule has 1 fully saturated rings. The predicted octanol–water partition coefficient (Wildman–Crippen LogP) is 0.611. The summed E-state index contributed by atoms with van der Waals surface area (Å²) < 4.78 is 4.95. The van der Waals surface area contributed by atoms with Gasteiger partial charge in [0.05, 0.1) is 0 Å². The number of aldehydes is 1. The Hall–Kier alpha value is -1.68. The molecule has 0 bridgehead atoms. The lowest BCUT2D eigenvalue weighted by Crippen LogP contribution is -2.65. The van der Waals surface area contributed by atoms with E-state index in [0.717, 1.165) is 11.8 Å². The molecule has 1 aromatic carbocycles. The summed E-state index contributed by atoms with van der Waals surface area (Å²) in [6, 6.07) is 9.13. The van der Waals surface area contributed by atoms with Crippen molar-refractivity contribution < 1.29 is 14.3 Å². The van der Waals surface area contributed by atoms with Crippen LogP contribution < -0.4 is 0 Å². The molecule has 1 amide bonds. The van der Waals surface area contributed by atoms with Gasteiger partial charge in [-0.15, -0.1) is 0 Å². The Labute approximate surface area is 93.8 Å². The number of β-lactam (4-membered cyclic amide) rings is 1. The standard InChI is InChI=1S/C12H13NO3/c1-16-11-10(8-14)13(12(11)15)7-9-5-3-2-4-6-9/h2-6,8,10-11H,7H2,1H3. The SMILES string of the molecule is COC1C(=O)N(Cc2ccccc2)C1C=O. The average Bonchev–Trinajstić information content (AvgIpc) is 2.33. The second-order valence-electron chi connectivity index (χ2n) is 3.73. The topological polar surface area (TPSA) is 46.6 Å². The number of carbonyl (C=O) groups is 2. The normalized spacial score (nSPS) is 24.1. The number of hydrogen-bond acceptors (Lipinski definition) is 3. The van der Waals surface area contributed by atoms with Crippen LogP contribution in [0.25, 0.3) is 0 Å². The first kappa shape index (κ1) is 10.8. The second kappa shape index (κ2) is 4.45. The molecule has 4 heteroatoms. The molecule has 0 saturated carbocycles. The molecule has 84 valence electrons. The minimum atomic E-state index is -0.596. The summed E-state index contributed by atoms with van der Waals surface area (Å²) in [6.45, 7) is 0.461. The Bertz CT molecular complexity index is 391. The number of methoxy groups -OCH3 is 1. The van der Waals surface area contributed by atoms with Crippen LogP contribution in [0.3, 0.4) is 0 Å². The molecule has 0 spiro atoms. The quantitative estimate of drug-likeness (QED) is 0.550. The summed E-state index contributed by atoms with van der Waals surface area (Å²) in [4.78, 5) is 24.0. The van der Waals surface area contributed by atoms with Crippen molar-refractivity contribution in [1.82, 2.24) is 4.90 Å². The second-order valence-corrected chi connectivity index (χ2v) is 3.73. The molecule has 4 nitrogen and oxygen atoms in total. The number of amides is 1. The number of rotatable bonds is 4. The van der Waals surface area contributed by atoms with E-state index in [9.17, 15) is 9.59 Å². The van der Waals surface area contributed by atoms with Gasteiger partial charge in [0.25, 0.3) is 5.91 Å². The molecule has 2 atom stereocenters. The number of nitrogens with zero attached hydrogens (tertiary/aromatic N) is 1.